The average molecular weight is 343 g/mol. The summed E-state index contributed by atoms with van der Waals surface area (Å²) in [5.41, 5.74) is 2.47. The average Bonchev–Trinajstić information content (AvgIpc) is 3.02. The Morgan fingerprint density at radius 3 is 2.54 bits per heavy atom. The van der Waals surface area contributed by atoms with E-state index in [1.807, 2.05) is 24.3 Å². The third kappa shape index (κ3) is 3.80. The molecule has 3 aromatic rings. The molecule has 0 aliphatic carbocycles. The van der Waals surface area contributed by atoms with Crippen molar-refractivity contribution in [2.45, 2.75) is 5.16 Å². The second-order valence-electron chi connectivity index (χ2n) is 5.00. The molecule has 0 aliphatic heterocycles. The van der Waals surface area contributed by atoms with Gasteiger partial charge in [-0.25, -0.2) is 4.98 Å². The Kier molecular flexibility index (Phi) is 4.90. The molecule has 124 valence electrons. The quantitative estimate of drug-likeness (QED) is 0.672. The normalized spacial score (nSPS) is 10.6. The Morgan fingerprint density at radius 2 is 1.88 bits per heavy atom. The van der Waals surface area contributed by atoms with Gasteiger partial charge in [-0.2, -0.15) is 0 Å². The van der Waals surface area contributed by atoms with Crippen molar-refractivity contribution in [1.29, 1.82) is 0 Å². The second-order valence-corrected chi connectivity index (χ2v) is 5.96. The monoisotopic (exact) mass is 343 g/mol. The van der Waals surface area contributed by atoms with Gasteiger partial charge < -0.3 is 19.8 Å². The predicted molar refractivity (Wildman–Crippen MR) is 95.0 cm³/mol. The van der Waals surface area contributed by atoms with E-state index in [0.717, 1.165) is 16.2 Å². The molecule has 7 heteroatoms. The van der Waals surface area contributed by atoms with Crippen molar-refractivity contribution >= 4 is 34.4 Å². The van der Waals surface area contributed by atoms with E-state index in [9.17, 15) is 4.79 Å². The first kappa shape index (κ1) is 16.2. The fourth-order valence-corrected chi connectivity index (χ4v) is 2.89. The molecule has 0 saturated heterocycles. The maximum Gasteiger partial charge on any atom is 0.234 e. The predicted octanol–water partition coefficient (Wildman–Crippen LogP) is 3.31. The lowest BCUT2D eigenvalue weighted by Gasteiger charge is -2.09. The highest BCUT2D eigenvalue weighted by molar-refractivity contribution is 7.99. The number of imidazole rings is 1. The summed E-state index contributed by atoms with van der Waals surface area (Å²) in [5, 5.41) is 3.55. The molecule has 0 bridgehead atoms. The zero-order valence-electron chi connectivity index (χ0n) is 13.3. The number of nitrogens with one attached hydrogen (secondary N) is 2. The number of aromatic nitrogens is 2. The Morgan fingerprint density at radius 1 is 1.17 bits per heavy atom. The third-order valence-electron chi connectivity index (χ3n) is 3.34. The van der Waals surface area contributed by atoms with Gasteiger partial charge in [0.05, 0.1) is 31.0 Å². The van der Waals surface area contributed by atoms with Crippen LogP contribution in [0.3, 0.4) is 0 Å². The molecular weight excluding hydrogens is 326 g/mol. The van der Waals surface area contributed by atoms with Crippen molar-refractivity contribution < 1.29 is 14.3 Å². The summed E-state index contributed by atoms with van der Waals surface area (Å²) >= 11 is 1.35. The first-order valence-electron chi connectivity index (χ1n) is 7.28. The minimum atomic E-state index is -0.129. The highest BCUT2D eigenvalue weighted by Gasteiger charge is 2.09. The van der Waals surface area contributed by atoms with Gasteiger partial charge in [-0.3, -0.25) is 4.79 Å². The molecule has 0 spiro atoms. The standard InChI is InChI=1S/C17H17N3O3S/c1-22-12-7-11(8-13(9-12)23-2)18-16(21)10-24-17-19-14-5-3-4-6-15(14)20-17/h3-9H,10H2,1-2H3,(H,18,21)(H,19,20). The van der Waals surface area contributed by atoms with E-state index < -0.39 is 0 Å². The molecule has 0 unspecified atom stereocenters. The van der Waals surface area contributed by atoms with Gasteiger partial charge in [0.2, 0.25) is 5.91 Å². The van der Waals surface area contributed by atoms with Crippen molar-refractivity contribution in [2.75, 3.05) is 25.3 Å². The molecule has 0 atom stereocenters. The smallest absolute Gasteiger partial charge is 0.234 e. The van der Waals surface area contributed by atoms with Crippen LogP contribution in [-0.4, -0.2) is 35.8 Å². The van der Waals surface area contributed by atoms with Gasteiger partial charge in [0, 0.05) is 23.9 Å². The fourth-order valence-electron chi connectivity index (χ4n) is 2.21. The number of benzene rings is 2. The molecule has 24 heavy (non-hydrogen) atoms. The van der Waals surface area contributed by atoms with Gasteiger partial charge in [0.15, 0.2) is 5.16 Å². The number of H-pyrrole nitrogens is 1. The molecule has 3 rings (SSSR count). The van der Waals surface area contributed by atoms with Gasteiger partial charge in [-0.15, -0.1) is 0 Å². The summed E-state index contributed by atoms with van der Waals surface area (Å²) in [4.78, 5) is 19.8. The highest BCUT2D eigenvalue weighted by Crippen LogP contribution is 2.26. The Bertz CT molecular complexity index is 808. The van der Waals surface area contributed by atoms with Crippen LogP contribution < -0.4 is 14.8 Å². The number of aromatic amines is 1. The molecular formula is C17H17N3O3S. The number of methoxy groups -OCH3 is 2. The van der Waals surface area contributed by atoms with E-state index in [2.05, 4.69) is 15.3 Å². The summed E-state index contributed by atoms with van der Waals surface area (Å²) in [6.07, 6.45) is 0. The summed E-state index contributed by atoms with van der Waals surface area (Å²) in [6, 6.07) is 13.0. The number of para-hydroxylation sites is 2. The van der Waals surface area contributed by atoms with Gasteiger partial charge in [-0.1, -0.05) is 23.9 Å². The third-order valence-corrected chi connectivity index (χ3v) is 4.22. The van der Waals surface area contributed by atoms with Crippen molar-refractivity contribution in [3.8, 4) is 11.5 Å². The molecule has 2 aromatic carbocycles. The summed E-state index contributed by atoms with van der Waals surface area (Å²) in [5.74, 6) is 1.36. The van der Waals surface area contributed by atoms with E-state index in [-0.39, 0.29) is 11.7 Å². The van der Waals surface area contributed by atoms with Crippen LogP contribution in [0.4, 0.5) is 5.69 Å². The van der Waals surface area contributed by atoms with E-state index in [4.69, 9.17) is 9.47 Å². The van der Waals surface area contributed by atoms with Crippen LogP contribution in [0, 0.1) is 0 Å². The van der Waals surface area contributed by atoms with E-state index in [1.54, 1.807) is 32.4 Å². The van der Waals surface area contributed by atoms with Crippen molar-refractivity contribution in [3.05, 3.63) is 42.5 Å². The van der Waals surface area contributed by atoms with Crippen LogP contribution in [0.25, 0.3) is 11.0 Å². The molecule has 1 amide bonds. The maximum atomic E-state index is 12.1. The van der Waals surface area contributed by atoms with Crippen LogP contribution in [-0.2, 0) is 4.79 Å². The van der Waals surface area contributed by atoms with Gasteiger partial charge in [-0.05, 0) is 12.1 Å². The van der Waals surface area contributed by atoms with E-state index in [0.29, 0.717) is 17.2 Å². The lowest BCUT2D eigenvalue weighted by molar-refractivity contribution is -0.113. The highest BCUT2D eigenvalue weighted by atomic mass is 32.2. The number of fused-ring (bicyclic) bond motifs is 1. The summed E-state index contributed by atoms with van der Waals surface area (Å²) in [7, 11) is 3.13. The molecule has 0 radical (unpaired) electrons. The second kappa shape index (κ2) is 7.27. The molecule has 1 aromatic heterocycles. The lowest BCUT2D eigenvalue weighted by atomic mass is 10.2. The minimum absolute atomic E-state index is 0.129. The molecule has 0 fully saturated rings. The van der Waals surface area contributed by atoms with Gasteiger partial charge in [0.25, 0.3) is 0 Å². The number of thioether (sulfide) groups is 1. The van der Waals surface area contributed by atoms with E-state index >= 15 is 0 Å². The largest absolute Gasteiger partial charge is 0.497 e. The number of carbonyl (C=O) groups excluding carboxylic acids is 1. The first-order valence-corrected chi connectivity index (χ1v) is 8.27. The number of hydrogen-bond acceptors (Lipinski definition) is 5. The molecule has 6 nitrogen and oxygen atoms in total. The van der Waals surface area contributed by atoms with Gasteiger partial charge >= 0.3 is 0 Å². The summed E-state index contributed by atoms with van der Waals surface area (Å²) in [6.45, 7) is 0. The van der Waals surface area contributed by atoms with Crippen LogP contribution in [0.2, 0.25) is 0 Å². The first-order chi connectivity index (χ1) is 11.7. The Labute approximate surface area is 143 Å². The maximum absolute atomic E-state index is 12.1. The zero-order valence-corrected chi connectivity index (χ0v) is 14.1. The number of ether oxygens (including phenoxy) is 2. The van der Waals surface area contributed by atoms with E-state index in [1.165, 1.54) is 11.8 Å². The number of hydrogen-bond donors (Lipinski definition) is 2. The number of amides is 1. The Balaban J connectivity index is 1.63. The number of carbonyl (C=O) groups is 1. The van der Waals surface area contributed by atoms with Crippen molar-refractivity contribution in [3.63, 3.8) is 0 Å². The van der Waals surface area contributed by atoms with Crippen LogP contribution in [0.1, 0.15) is 0 Å². The number of rotatable bonds is 6. The van der Waals surface area contributed by atoms with Crippen LogP contribution in [0.15, 0.2) is 47.6 Å². The molecule has 2 N–H and O–H groups in total. The Hall–Kier alpha value is -2.67. The molecule has 1 heterocycles. The number of nitrogens with zero attached hydrogens (tertiary/aromatic N) is 1. The zero-order chi connectivity index (χ0) is 16.9. The molecule has 0 aliphatic rings. The minimum Gasteiger partial charge on any atom is -0.497 e. The topological polar surface area (TPSA) is 76.2 Å². The van der Waals surface area contributed by atoms with Gasteiger partial charge in [0.1, 0.15) is 11.5 Å². The summed E-state index contributed by atoms with van der Waals surface area (Å²) < 4.78 is 10.4. The molecule has 0 saturated carbocycles. The van der Waals surface area contributed by atoms with Crippen LogP contribution >= 0.6 is 11.8 Å². The lowest BCUT2D eigenvalue weighted by Crippen LogP contribution is -2.14. The SMILES string of the molecule is COc1cc(NC(=O)CSc2nc3ccccc3[nH]2)cc(OC)c1. The van der Waals surface area contributed by atoms with Crippen molar-refractivity contribution in [1.82, 2.24) is 9.97 Å². The fraction of sp³-hybridized carbons (Fsp3) is 0.176. The van der Waals surface area contributed by atoms with Crippen molar-refractivity contribution in [2.24, 2.45) is 0 Å². The van der Waals surface area contributed by atoms with Crippen LogP contribution in [0.5, 0.6) is 11.5 Å². The number of anilines is 1.